The van der Waals surface area contributed by atoms with E-state index in [2.05, 4.69) is 4.98 Å². The Morgan fingerprint density at radius 3 is 2.50 bits per heavy atom. The molecule has 2 aromatic rings. The minimum Gasteiger partial charge on any atom is -0.497 e. The van der Waals surface area contributed by atoms with Crippen LogP contribution in [0.2, 0.25) is 0 Å². The minimum absolute atomic E-state index is 0.0170. The van der Waals surface area contributed by atoms with Gasteiger partial charge in [-0.2, -0.15) is 10.5 Å². The Kier molecular flexibility index (Phi) is 3.99. The van der Waals surface area contributed by atoms with E-state index in [0.717, 1.165) is 11.3 Å². The standard InChI is InChI=1S/C14H10N4OS/c1-19-11-4-2-10(3-5-11)13-12(20-14(17)18-13)6-9(7-15)8-16/h2-6H,1H3,(H2,17,18). The lowest BCUT2D eigenvalue weighted by Gasteiger charge is -2.02. The quantitative estimate of drug-likeness (QED) is 0.873. The number of aromatic nitrogens is 1. The number of anilines is 1. The molecule has 6 heteroatoms. The number of nitrogens with two attached hydrogens (primary N) is 1. The number of allylic oxidation sites excluding steroid dienone is 1. The SMILES string of the molecule is COc1ccc(-c2nc(N)sc2C=C(C#N)C#N)cc1. The Balaban J connectivity index is 2.50. The van der Waals surface area contributed by atoms with Gasteiger partial charge in [0.15, 0.2) is 5.13 Å². The lowest BCUT2D eigenvalue weighted by molar-refractivity contribution is 0.415. The monoisotopic (exact) mass is 282 g/mol. The number of hydrogen-bond acceptors (Lipinski definition) is 6. The summed E-state index contributed by atoms with van der Waals surface area (Å²) in [5.41, 5.74) is 7.23. The van der Waals surface area contributed by atoms with E-state index in [-0.39, 0.29) is 5.57 Å². The molecule has 2 N–H and O–H groups in total. The normalized spacial score (nSPS) is 9.35. The predicted molar refractivity (Wildman–Crippen MR) is 77.7 cm³/mol. The first-order chi connectivity index (χ1) is 9.67. The van der Waals surface area contributed by atoms with Crippen molar-refractivity contribution in [2.75, 3.05) is 12.8 Å². The average Bonchev–Trinajstić information content (AvgIpc) is 2.85. The summed E-state index contributed by atoms with van der Waals surface area (Å²) in [7, 11) is 1.59. The molecule has 20 heavy (non-hydrogen) atoms. The molecule has 0 atom stereocenters. The maximum atomic E-state index is 8.82. The Morgan fingerprint density at radius 1 is 1.30 bits per heavy atom. The maximum Gasteiger partial charge on any atom is 0.181 e. The van der Waals surface area contributed by atoms with E-state index >= 15 is 0 Å². The lowest BCUT2D eigenvalue weighted by atomic mass is 10.1. The van der Waals surface area contributed by atoms with Crippen molar-refractivity contribution in [3.05, 3.63) is 34.7 Å². The van der Waals surface area contributed by atoms with Crippen molar-refractivity contribution in [1.29, 1.82) is 10.5 Å². The van der Waals surface area contributed by atoms with E-state index in [0.29, 0.717) is 15.7 Å². The third-order valence-corrected chi connectivity index (χ3v) is 3.38. The molecule has 2 rings (SSSR count). The summed E-state index contributed by atoms with van der Waals surface area (Å²) in [6, 6.07) is 11.0. The van der Waals surface area contributed by atoms with Crippen molar-refractivity contribution in [3.63, 3.8) is 0 Å². The first-order valence-corrected chi connectivity index (χ1v) is 6.42. The number of ether oxygens (including phenoxy) is 1. The Bertz CT molecular complexity index is 716. The van der Waals surface area contributed by atoms with E-state index in [1.807, 2.05) is 36.4 Å². The molecule has 98 valence electrons. The first kappa shape index (κ1) is 13.6. The van der Waals surface area contributed by atoms with Crippen LogP contribution in [0.1, 0.15) is 4.88 Å². The third-order valence-electron chi connectivity index (χ3n) is 2.55. The molecule has 1 aromatic heterocycles. The highest BCUT2D eigenvalue weighted by Crippen LogP contribution is 2.32. The Labute approximate surface area is 120 Å². The van der Waals surface area contributed by atoms with Crippen LogP contribution in [0.15, 0.2) is 29.8 Å². The van der Waals surface area contributed by atoms with Crippen LogP contribution in [0.25, 0.3) is 17.3 Å². The number of nitriles is 2. The summed E-state index contributed by atoms with van der Waals surface area (Å²) in [4.78, 5) is 4.94. The van der Waals surface area contributed by atoms with Crippen molar-refractivity contribution in [3.8, 4) is 29.1 Å². The van der Waals surface area contributed by atoms with E-state index in [1.165, 1.54) is 17.4 Å². The van der Waals surface area contributed by atoms with Crippen LogP contribution in [0.5, 0.6) is 5.75 Å². The summed E-state index contributed by atoms with van der Waals surface area (Å²) < 4.78 is 5.10. The molecular weight excluding hydrogens is 272 g/mol. The zero-order chi connectivity index (χ0) is 14.5. The number of hydrogen-bond donors (Lipinski definition) is 1. The molecule has 0 aliphatic carbocycles. The Morgan fingerprint density at radius 2 is 1.95 bits per heavy atom. The van der Waals surface area contributed by atoms with Gasteiger partial charge in [-0.25, -0.2) is 4.98 Å². The molecule has 0 spiro atoms. The van der Waals surface area contributed by atoms with E-state index < -0.39 is 0 Å². The molecule has 1 aromatic carbocycles. The summed E-state index contributed by atoms with van der Waals surface area (Å²) in [6.45, 7) is 0. The fourth-order valence-electron chi connectivity index (χ4n) is 1.62. The largest absolute Gasteiger partial charge is 0.497 e. The minimum atomic E-state index is 0.0170. The van der Waals surface area contributed by atoms with Gasteiger partial charge in [-0.3, -0.25) is 0 Å². The van der Waals surface area contributed by atoms with Gasteiger partial charge >= 0.3 is 0 Å². The molecule has 0 bridgehead atoms. The van der Waals surface area contributed by atoms with Crippen molar-refractivity contribution in [1.82, 2.24) is 4.98 Å². The summed E-state index contributed by atoms with van der Waals surface area (Å²) >= 11 is 1.24. The molecule has 0 fully saturated rings. The number of rotatable bonds is 3. The highest BCUT2D eigenvalue weighted by molar-refractivity contribution is 7.16. The van der Waals surface area contributed by atoms with E-state index in [4.69, 9.17) is 21.0 Å². The summed E-state index contributed by atoms with van der Waals surface area (Å²) in [5.74, 6) is 0.740. The van der Waals surface area contributed by atoms with Crippen LogP contribution in [-0.4, -0.2) is 12.1 Å². The summed E-state index contributed by atoms with van der Waals surface area (Å²) in [6.07, 6.45) is 1.49. The van der Waals surface area contributed by atoms with Crippen LogP contribution < -0.4 is 10.5 Å². The third kappa shape index (κ3) is 2.77. The van der Waals surface area contributed by atoms with Crippen LogP contribution >= 0.6 is 11.3 Å². The number of nitrogen functional groups attached to an aromatic ring is 1. The molecule has 0 aliphatic rings. The second kappa shape index (κ2) is 5.87. The second-order valence-corrected chi connectivity index (χ2v) is 4.84. The van der Waals surface area contributed by atoms with Gasteiger partial charge in [-0.1, -0.05) is 11.3 Å². The fraction of sp³-hybridized carbons (Fsp3) is 0.0714. The van der Waals surface area contributed by atoms with Crippen molar-refractivity contribution in [2.24, 2.45) is 0 Å². The van der Waals surface area contributed by atoms with Gasteiger partial charge in [0.2, 0.25) is 0 Å². The predicted octanol–water partition coefficient (Wildman–Crippen LogP) is 2.83. The number of benzene rings is 1. The molecule has 0 aliphatic heterocycles. The van der Waals surface area contributed by atoms with Crippen LogP contribution in [-0.2, 0) is 0 Å². The maximum absolute atomic E-state index is 8.82. The molecule has 0 radical (unpaired) electrons. The molecule has 0 amide bonds. The van der Waals surface area contributed by atoms with Gasteiger partial charge in [0.05, 0.1) is 17.7 Å². The molecule has 0 saturated heterocycles. The van der Waals surface area contributed by atoms with Gasteiger partial charge in [0.1, 0.15) is 23.5 Å². The first-order valence-electron chi connectivity index (χ1n) is 5.60. The van der Waals surface area contributed by atoms with Gasteiger partial charge < -0.3 is 10.5 Å². The molecule has 0 unspecified atom stereocenters. The topological polar surface area (TPSA) is 95.7 Å². The van der Waals surface area contributed by atoms with Crippen LogP contribution in [0.3, 0.4) is 0 Å². The van der Waals surface area contributed by atoms with Crippen LogP contribution in [0.4, 0.5) is 5.13 Å². The molecule has 1 heterocycles. The number of nitrogens with zero attached hydrogens (tertiary/aromatic N) is 3. The van der Waals surface area contributed by atoms with Gasteiger partial charge in [-0.15, -0.1) is 0 Å². The number of thiazole rings is 1. The smallest absolute Gasteiger partial charge is 0.181 e. The van der Waals surface area contributed by atoms with Crippen molar-refractivity contribution in [2.45, 2.75) is 0 Å². The van der Waals surface area contributed by atoms with Gasteiger partial charge in [0.25, 0.3) is 0 Å². The van der Waals surface area contributed by atoms with Gasteiger partial charge in [0, 0.05) is 5.56 Å². The second-order valence-electron chi connectivity index (χ2n) is 3.78. The highest BCUT2D eigenvalue weighted by atomic mass is 32.1. The van der Waals surface area contributed by atoms with E-state index in [1.54, 1.807) is 7.11 Å². The lowest BCUT2D eigenvalue weighted by Crippen LogP contribution is -1.86. The Hall–Kier alpha value is -2.83. The van der Waals surface area contributed by atoms with E-state index in [9.17, 15) is 0 Å². The van der Waals surface area contributed by atoms with Crippen LogP contribution in [0, 0.1) is 22.7 Å². The zero-order valence-electron chi connectivity index (χ0n) is 10.6. The summed E-state index contributed by atoms with van der Waals surface area (Å²) in [5, 5.41) is 18.0. The zero-order valence-corrected chi connectivity index (χ0v) is 11.4. The van der Waals surface area contributed by atoms with Gasteiger partial charge in [-0.05, 0) is 30.3 Å². The van der Waals surface area contributed by atoms with Crippen molar-refractivity contribution >= 4 is 22.5 Å². The molecule has 0 saturated carbocycles. The average molecular weight is 282 g/mol. The number of methoxy groups -OCH3 is 1. The fourth-order valence-corrected chi connectivity index (χ4v) is 2.42. The van der Waals surface area contributed by atoms with Crippen molar-refractivity contribution < 1.29 is 4.74 Å². The molecular formula is C14H10N4OS. The molecule has 5 nitrogen and oxygen atoms in total. The highest BCUT2D eigenvalue weighted by Gasteiger charge is 2.11.